The fourth-order valence-corrected chi connectivity index (χ4v) is 5.69. The number of aromatic nitrogens is 4. The maximum Gasteiger partial charge on any atom is 0.318 e. The summed E-state index contributed by atoms with van der Waals surface area (Å²) >= 11 is 8.22. The van der Waals surface area contributed by atoms with Gasteiger partial charge in [-0.3, -0.25) is 0 Å². The van der Waals surface area contributed by atoms with Crippen LogP contribution in [0.1, 0.15) is 36.4 Å². The summed E-state index contributed by atoms with van der Waals surface area (Å²) in [6.07, 6.45) is 8.45. The molecule has 2 aromatic heterocycles. The molecule has 1 aromatic carbocycles. The van der Waals surface area contributed by atoms with Gasteiger partial charge in [0.1, 0.15) is 5.82 Å². The van der Waals surface area contributed by atoms with Crippen LogP contribution in [-0.2, 0) is 26.1 Å². The van der Waals surface area contributed by atoms with Crippen LogP contribution in [0.5, 0.6) is 6.01 Å². The number of imidazole rings is 1. The van der Waals surface area contributed by atoms with E-state index in [2.05, 4.69) is 32.5 Å². The van der Waals surface area contributed by atoms with Crippen molar-refractivity contribution in [3.63, 3.8) is 0 Å². The predicted octanol–water partition coefficient (Wildman–Crippen LogP) is 5.05. The molecule has 2 aliphatic rings. The normalized spacial score (nSPS) is 17.8. The van der Waals surface area contributed by atoms with Crippen LogP contribution in [0.15, 0.2) is 48.4 Å². The zero-order valence-electron chi connectivity index (χ0n) is 21.9. The fraction of sp³-hybridized carbons (Fsp3) is 0.370. The molecule has 2 aliphatic heterocycles. The van der Waals surface area contributed by atoms with Crippen molar-refractivity contribution in [1.82, 2.24) is 29.1 Å². The molecule has 4 heterocycles. The summed E-state index contributed by atoms with van der Waals surface area (Å²) in [6.45, 7) is 6.45. The van der Waals surface area contributed by atoms with Gasteiger partial charge in [-0.2, -0.15) is 14.4 Å². The van der Waals surface area contributed by atoms with E-state index in [9.17, 15) is 4.39 Å². The lowest BCUT2D eigenvalue weighted by Crippen LogP contribution is -2.43. The van der Waals surface area contributed by atoms with E-state index in [1.54, 1.807) is 25.4 Å². The highest BCUT2D eigenvalue weighted by molar-refractivity contribution is 7.96. The number of benzene rings is 1. The lowest BCUT2D eigenvalue weighted by molar-refractivity contribution is 0.343. The van der Waals surface area contributed by atoms with Gasteiger partial charge in [-0.25, -0.2) is 4.98 Å². The summed E-state index contributed by atoms with van der Waals surface area (Å²) < 4.78 is 25.1. The summed E-state index contributed by atoms with van der Waals surface area (Å²) in [5.74, 6) is 0.364. The molecule has 0 aliphatic carbocycles. The van der Waals surface area contributed by atoms with E-state index >= 15 is 0 Å². The maximum absolute atomic E-state index is 14.4. The van der Waals surface area contributed by atoms with Crippen LogP contribution in [0.3, 0.4) is 0 Å². The molecule has 0 radical (unpaired) electrons. The Hall–Kier alpha value is -3.24. The summed E-state index contributed by atoms with van der Waals surface area (Å²) in [5.41, 5.74) is 5.47. The molecule has 1 atom stereocenters. The van der Waals surface area contributed by atoms with Crippen molar-refractivity contribution in [1.29, 1.82) is 0 Å². The second-order valence-corrected chi connectivity index (χ2v) is 10.3. The smallest absolute Gasteiger partial charge is 0.318 e. The van der Waals surface area contributed by atoms with Gasteiger partial charge in [0.25, 0.3) is 0 Å². The molecular formula is C27H31ClFN7OS. The molecule has 0 spiro atoms. The Labute approximate surface area is 231 Å². The van der Waals surface area contributed by atoms with Gasteiger partial charge in [-0.15, -0.1) is 0 Å². The molecule has 1 unspecified atom stereocenters. The van der Waals surface area contributed by atoms with Crippen molar-refractivity contribution in [3.05, 3.63) is 81.9 Å². The first-order chi connectivity index (χ1) is 18.4. The fourth-order valence-electron chi connectivity index (χ4n) is 5.05. The molecule has 0 saturated heterocycles. The van der Waals surface area contributed by atoms with Gasteiger partial charge in [0, 0.05) is 52.9 Å². The van der Waals surface area contributed by atoms with Gasteiger partial charge in [0.05, 0.1) is 37.9 Å². The van der Waals surface area contributed by atoms with Gasteiger partial charge in [-0.1, -0.05) is 47.8 Å². The molecule has 8 nitrogen and oxygen atoms in total. The Morgan fingerprint density at radius 3 is 2.82 bits per heavy atom. The summed E-state index contributed by atoms with van der Waals surface area (Å²) in [7, 11) is 1.57. The van der Waals surface area contributed by atoms with Crippen LogP contribution in [0.2, 0.25) is 5.02 Å². The zero-order chi connectivity index (χ0) is 26.8. The van der Waals surface area contributed by atoms with Crippen LogP contribution in [0.25, 0.3) is 5.70 Å². The van der Waals surface area contributed by atoms with E-state index in [-0.39, 0.29) is 6.04 Å². The monoisotopic (exact) mass is 555 g/mol. The topological polar surface area (TPSA) is 71.3 Å². The highest BCUT2D eigenvalue weighted by Crippen LogP contribution is 2.36. The molecule has 200 valence electrons. The zero-order valence-corrected chi connectivity index (χ0v) is 23.5. The number of nitrogens with zero attached hydrogens (tertiary/aromatic N) is 6. The molecule has 0 saturated carbocycles. The summed E-state index contributed by atoms with van der Waals surface area (Å²) in [4.78, 5) is 17.8. The first kappa shape index (κ1) is 26.4. The molecule has 0 fully saturated rings. The largest absolute Gasteiger partial charge is 0.467 e. The number of fused-ring (bicyclic) bond motifs is 2. The Balaban J connectivity index is 1.54. The molecule has 11 heteroatoms. The minimum atomic E-state index is -0.434. The Morgan fingerprint density at radius 1 is 1.26 bits per heavy atom. The lowest BCUT2D eigenvalue weighted by Gasteiger charge is -2.39. The number of halogens is 2. The van der Waals surface area contributed by atoms with Crippen LogP contribution >= 0.6 is 23.5 Å². The van der Waals surface area contributed by atoms with E-state index < -0.39 is 5.95 Å². The highest BCUT2D eigenvalue weighted by atomic mass is 35.5. The highest BCUT2D eigenvalue weighted by Gasteiger charge is 2.32. The lowest BCUT2D eigenvalue weighted by atomic mass is 10.0. The molecule has 1 N–H and O–H groups in total. The molecule has 38 heavy (non-hydrogen) atoms. The third-order valence-electron chi connectivity index (χ3n) is 7.00. The van der Waals surface area contributed by atoms with Gasteiger partial charge >= 0.3 is 6.01 Å². The SMILES string of the molecule is C/C=C(\C=C(/c1ccccc1Cl)N1CCc2c(nc(OC)nc2N2Cc3c(F)ncn3CC2C)C1)NSC. The number of ether oxygens (including phenoxy) is 1. The number of hydrogen-bond donors (Lipinski definition) is 1. The van der Waals surface area contributed by atoms with Crippen molar-refractivity contribution in [3.8, 4) is 6.01 Å². The van der Waals surface area contributed by atoms with Crippen LogP contribution in [0, 0.1) is 5.95 Å². The first-order valence-corrected chi connectivity index (χ1v) is 14.1. The third-order valence-corrected chi connectivity index (χ3v) is 7.77. The second-order valence-electron chi connectivity index (χ2n) is 9.30. The Bertz CT molecular complexity index is 1390. The number of nitrogens with one attached hydrogen (secondary N) is 1. The second kappa shape index (κ2) is 11.2. The van der Waals surface area contributed by atoms with E-state index in [1.165, 1.54) is 0 Å². The minimum absolute atomic E-state index is 0.103. The third kappa shape index (κ3) is 5.07. The van der Waals surface area contributed by atoms with Crippen molar-refractivity contribution in [2.75, 3.05) is 24.8 Å². The van der Waals surface area contributed by atoms with Crippen molar-refractivity contribution < 1.29 is 9.13 Å². The molecule has 5 rings (SSSR count). The standard InChI is InChI=1S/C27H31ClFN7OS/c1-5-18(33-38-4)12-23(19-8-6-7-9-21(19)28)34-11-10-20-22(14-34)31-27(37-3)32-26(20)36-15-24-25(29)30-16-35(24)13-17(36)2/h5-9,12,16-17,33H,10-11,13-15H2,1-4H3/b18-5+,23-12+. The maximum atomic E-state index is 14.4. The molecule has 0 amide bonds. The van der Waals surface area contributed by atoms with Crippen molar-refractivity contribution in [2.45, 2.75) is 45.9 Å². The van der Waals surface area contributed by atoms with E-state index in [0.29, 0.717) is 36.4 Å². The minimum Gasteiger partial charge on any atom is -0.467 e. The summed E-state index contributed by atoms with van der Waals surface area (Å²) in [6, 6.07) is 8.28. The van der Waals surface area contributed by atoms with Crippen molar-refractivity contribution in [2.24, 2.45) is 0 Å². The van der Waals surface area contributed by atoms with Crippen LogP contribution < -0.4 is 14.4 Å². The number of allylic oxidation sites excluding steroid dienone is 2. The van der Waals surface area contributed by atoms with E-state index in [1.807, 2.05) is 48.1 Å². The number of methoxy groups -OCH3 is 1. The van der Waals surface area contributed by atoms with Crippen LogP contribution in [0.4, 0.5) is 10.2 Å². The van der Waals surface area contributed by atoms with E-state index in [4.69, 9.17) is 26.3 Å². The molecule has 3 aromatic rings. The first-order valence-electron chi connectivity index (χ1n) is 12.5. The Morgan fingerprint density at radius 2 is 2.08 bits per heavy atom. The van der Waals surface area contributed by atoms with Gasteiger partial charge in [-0.05, 0) is 32.4 Å². The van der Waals surface area contributed by atoms with Crippen LogP contribution in [-0.4, -0.2) is 50.4 Å². The van der Waals surface area contributed by atoms with Gasteiger partial charge < -0.3 is 23.8 Å². The summed E-state index contributed by atoms with van der Waals surface area (Å²) in [5, 5.41) is 0.686. The van der Waals surface area contributed by atoms with Gasteiger partial charge in [0.15, 0.2) is 0 Å². The van der Waals surface area contributed by atoms with Crippen molar-refractivity contribution >= 4 is 35.1 Å². The average Bonchev–Trinajstić information content (AvgIpc) is 3.29. The number of hydrogen-bond acceptors (Lipinski definition) is 8. The average molecular weight is 556 g/mol. The van der Waals surface area contributed by atoms with E-state index in [0.717, 1.165) is 47.0 Å². The quantitative estimate of drug-likeness (QED) is 0.321. The van der Waals surface area contributed by atoms with Gasteiger partial charge in [0.2, 0.25) is 5.95 Å². The molecular weight excluding hydrogens is 525 g/mol. The number of rotatable bonds is 7. The molecule has 0 bridgehead atoms. The Kier molecular flexibility index (Phi) is 7.80. The number of anilines is 1. The predicted molar refractivity (Wildman–Crippen MR) is 150 cm³/mol.